The topological polar surface area (TPSA) is 50.4 Å². The Balaban J connectivity index is 1.71. The van der Waals surface area contributed by atoms with Crippen LogP contribution < -0.4 is 15.4 Å². The summed E-state index contributed by atoms with van der Waals surface area (Å²) in [5, 5.41) is 8.46. The van der Waals surface area contributed by atoms with E-state index < -0.39 is 0 Å². The molecule has 0 saturated carbocycles. The third-order valence-electron chi connectivity index (χ3n) is 3.76. The summed E-state index contributed by atoms with van der Waals surface area (Å²) in [6.45, 7) is 2.37. The second kappa shape index (κ2) is 8.17. The number of amides is 1. The lowest BCUT2D eigenvalue weighted by atomic mass is 10.1. The van der Waals surface area contributed by atoms with Crippen LogP contribution in [0.4, 0.5) is 5.69 Å². The average molecular weight is 385 g/mol. The first kappa shape index (κ1) is 18.2. The van der Waals surface area contributed by atoms with Crippen LogP contribution in [-0.2, 0) is 0 Å². The highest BCUT2D eigenvalue weighted by Crippen LogP contribution is 2.26. The van der Waals surface area contributed by atoms with Gasteiger partial charge in [0, 0.05) is 16.6 Å². The molecule has 0 fully saturated rings. The Bertz CT molecular complexity index is 970. The fraction of sp³-hybridized carbons (Fsp3) is 0.100. The highest BCUT2D eigenvalue weighted by atomic mass is 35.5. The largest absolute Gasteiger partial charge is 0.492 e. The molecule has 4 nitrogen and oxygen atoms in total. The number of nitrogens with one attached hydrogen (secondary N) is 2. The number of hydrogen-bond acceptors (Lipinski definition) is 3. The van der Waals surface area contributed by atoms with E-state index in [1.54, 1.807) is 18.2 Å². The van der Waals surface area contributed by atoms with E-state index in [0.717, 1.165) is 16.5 Å². The van der Waals surface area contributed by atoms with Gasteiger partial charge < -0.3 is 10.1 Å². The lowest BCUT2D eigenvalue weighted by Crippen LogP contribution is -2.34. The van der Waals surface area contributed by atoms with E-state index in [9.17, 15) is 4.79 Å². The SMILES string of the molecule is CCOc1ccc(C(=O)NC(=S)Nc2cccc3ccccc23)cc1Cl. The molecule has 3 aromatic rings. The highest BCUT2D eigenvalue weighted by molar-refractivity contribution is 7.80. The Labute approximate surface area is 162 Å². The van der Waals surface area contributed by atoms with Crippen molar-refractivity contribution in [2.75, 3.05) is 11.9 Å². The Morgan fingerprint density at radius 3 is 2.65 bits per heavy atom. The van der Waals surface area contributed by atoms with Crippen molar-refractivity contribution < 1.29 is 9.53 Å². The van der Waals surface area contributed by atoms with Crippen molar-refractivity contribution >= 4 is 51.3 Å². The summed E-state index contributed by atoms with van der Waals surface area (Å²) >= 11 is 11.4. The normalized spacial score (nSPS) is 10.4. The van der Waals surface area contributed by atoms with Crippen LogP contribution in [0.3, 0.4) is 0 Å². The Hall–Kier alpha value is -2.63. The van der Waals surface area contributed by atoms with Gasteiger partial charge in [0.25, 0.3) is 5.91 Å². The molecule has 0 radical (unpaired) electrons. The molecule has 3 rings (SSSR count). The quantitative estimate of drug-likeness (QED) is 0.620. The van der Waals surface area contributed by atoms with Crippen molar-refractivity contribution in [1.82, 2.24) is 5.32 Å². The smallest absolute Gasteiger partial charge is 0.257 e. The second-order valence-electron chi connectivity index (χ2n) is 5.51. The van der Waals surface area contributed by atoms with Crippen LogP contribution in [0, 0.1) is 0 Å². The van der Waals surface area contributed by atoms with Gasteiger partial charge in [0.1, 0.15) is 5.75 Å². The maximum absolute atomic E-state index is 12.4. The highest BCUT2D eigenvalue weighted by Gasteiger charge is 2.11. The molecule has 2 N–H and O–H groups in total. The van der Waals surface area contributed by atoms with Crippen molar-refractivity contribution in [3.05, 3.63) is 71.2 Å². The predicted octanol–water partition coefficient (Wildman–Crippen LogP) is 5.02. The van der Waals surface area contributed by atoms with Crippen LogP contribution in [0.2, 0.25) is 5.02 Å². The van der Waals surface area contributed by atoms with Crippen molar-refractivity contribution in [2.45, 2.75) is 6.92 Å². The number of ether oxygens (including phenoxy) is 1. The Kier molecular flexibility index (Phi) is 5.71. The van der Waals surface area contributed by atoms with E-state index in [1.165, 1.54) is 0 Å². The van der Waals surface area contributed by atoms with Crippen molar-refractivity contribution in [1.29, 1.82) is 0 Å². The number of benzene rings is 3. The van der Waals surface area contributed by atoms with E-state index in [0.29, 0.717) is 22.9 Å². The fourth-order valence-corrected chi connectivity index (χ4v) is 3.02. The van der Waals surface area contributed by atoms with Crippen LogP contribution >= 0.6 is 23.8 Å². The number of rotatable bonds is 4. The Morgan fingerprint density at radius 2 is 1.88 bits per heavy atom. The summed E-state index contributed by atoms with van der Waals surface area (Å²) in [6.07, 6.45) is 0. The van der Waals surface area contributed by atoms with E-state index >= 15 is 0 Å². The minimum Gasteiger partial charge on any atom is -0.492 e. The summed E-state index contributed by atoms with van der Waals surface area (Å²) in [5.41, 5.74) is 1.23. The van der Waals surface area contributed by atoms with Gasteiger partial charge in [0.15, 0.2) is 5.11 Å². The standard InChI is InChI=1S/C20H17ClN2O2S/c1-2-25-18-11-10-14(12-16(18)21)19(24)23-20(26)22-17-9-5-7-13-6-3-4-8-15(13)17/h3-12H,2H2,1H3,(H2,22,23,24,26). The zero-order chi connectivity index (χ0) is 18.5. The predicted molar refractivity (Wildman–Crippen MR) is 110 cm³/mol. The summed E-state index contributed by atoms with van der Waals surface area (Å²) in [7, 11) is 0. The molecule has 6 heteroatoms. The fourth-order valence-electron chi connectivity index (χ4n) is 2.58. The van der Waals surface area contributed by atoms with E-state index in [4.69, 9.17) is 28.6 Å². The van der Waals surface area contributed by atoms with Gasteiger partial charge in [-0.05, 0) is 48.8 Å². The molecule has 0 saturated heterocycles. The summed E-state index contributed by atoms with van der Waals surface area (Å²) < 4.78 is 5.37. The molecule has 1 amide bonds. The van der Waals surface area contributed by atoms with Gasteiger partial charge >= 0.3 is 0 Å². The minimum absolute atomic E-state index is 0.219. The van der Waals surface area contributed by atoms with Gasteiger partial charge in [-0.15, -0.1) is 0 Å². The first-order valence-corrected chi connectivity index (χ1v) is 8.89. The summed E-state index contributed by atoms with van der Waals surface area (Å²) in [6, 6.07) is 18.7. The summed E-state index contributed by atoms with van der Waals surface area (Å²) in [4.78, 5) is 12.4. The Morgan fingerprint density at radius 1 is 1.12 bits per heavy atom. The van der Waals surface area contributed by atoms with Gasteiger partial charge in [-0.25, -0.2) is 0 Å². The molecular formula is C20H17ClN2O2S. The van der Waals surface area contributed by atoms with Gasteiger partial charge in [-0.3, -0.25) is 10.1 Å². The van der Waals surface area contributed by atoms with E-state index in [-0.39, 0.29) is 11.0 Å². The van der Waals surface area contributed by atoms with E-state index in [2.05, 4.69) is 10.6 Å². The van der Waals surface area contributed by atoms with Gasteiger partial charge in [0.2, 0.25) is 0 Å². The number of thiocarbonyl (C=S) groups is 1. The van der Waals surface area contributed by atoms with Gasteiger partial charge in [0.05, 0.1) is 11.6 Å². The van der Waals surface area contributed by atoms with Crippen LogP contribution in [0.5, 0.6) is 5.75 Å². The molecule has 0 aliphatic heterocycles. The lowest BCUT2D eigenvalue weighted by Gasteiger charge is -2.12. The molecule has 132 valence electrons. The van der Waals surface area contributed by atoms with Crippen LogP contribution in [0.1, 0.15) is 17.3 Å². The van der Waals surface area contributed by atoms with Crippen molar-refractivity contribution in [2.24, 2.45) is 0 Å². The zero-order valence-electron chi connectivity index (χ0n) is 14.1. The maximum atomic E-state index is 12.4. The number of halogens is 1. The first-order valence-electron chi connectivity index (χ1n) is 8.11. The third kappa shape index (κ3) is 4.12. The molecule has 0 aromatic heterocycles. The van der Waals surface area contributed by atoms with E-state index in [1.807, 2.05) is 49.4 Å². The number of hydrogen-bond donors (Lipinski definition) is 2. The number of carbonyl (C=O) groups is 1. The van der Waals surface area contributed by atoms with Crippen molar-refractivity contribution in [3.8, 4) is 5.75 Å². The van der Waals surface area contributed by atoms with Crippen LogP contribution in [0.15, 0.2) is 60.7 Å². The molecule has 0 bridgehead atoms. The molecule has 0 heterocycles. The second-order valence-corrected chi connectivity index (χ2v) is 6.33. The molecular weight excluding hydrogens is 368 g/mol. The zero-order valence-corrected chi connectivity index (χ0v) is 15.7. The lowest BCUT2D eigenvalue weighted by molar-refractivity contribution is 0.0977. The molecule has 0 aliphatic carbocycles. The molecule has 0 spiro atoms. The van der Waals surface area contributed by atoms with Gasteiger partial charge in [-0.2, -0.15) is 0 Å². The van der Waals surface area contributed by atoms with Gasteiger partial charge in [-0.1, -0.05) is 48.0 Å². The number of anilines is 1. The molecule has 3 aromatic carbocycles. The van der Waals surface area contributed by atoms with Crippen LogP contribution in [-0.4, -0.2) is 17.6 Å². The van der Waals surface area contributed by atoms with Crippen LogP contribution in [0.25, 0.3) is 10.8 Å². The maximum Gasteiger partial charge on any atom is 0.257 e. The number of carbonyl (C=O) groups excluding carboxylic acids is 1. The van der Waals surface area contributed by atoms with Crippen molar-refractivity contribution in [3.63, 3.8) is 0 Å². The molecule has 26 heavy (non-hydrogen) atoms. The third-order valence-corrected chi connectivity index (χ3v) is 4.26. The molecule has 0 atom stereocenters. The summed E-state index contributed by atoms with van der Waals surface area (Å²) in [5.74, 6) is 0.204. The number of fused-ring (bicyclic) bond motifs is 1. The minimum atomic E-state index is -0.340. The first-order chi connectivity index (χ1) is 12.6. The average Bonchev–Trinajstić information content (AvgIpc) is 2.63. The molecule has 0 aliphatic rings. The molecule has 0 unspecified atom stereocenters. The monoisotopic (exact) mass is 384 g/mol.